The molecular formula is C29H20F8N4O5. The predicted molar refractivity (Wildman–Crippen MR) is 143 cm³/mol. The van der Waals surface area contributed by atoms with Gasteiger partial charge in [-0.2, -0.15) is 26.3 Å². The monoisotopic (exact) mass is 656 g/mol. The van der Waals surface area contributed by atoms with Crippen molar-refractivity contribution >= 4 is 22.7 Å². The zero-order chi connectivity index (χ0) is 33.8. The van der Waals surface area contributed by atoms with Crippen LogP contribution in [-0.4, -0.2) is 53.3 Å². The average Bonchev–Trinajstić information content (AvgIpc) is 3.35. The Balaban J connectivity index is 1.58. The molecule has 0 aliphatic carbocycles. The van der Waals surface area contributed by atoms with Gasteiger partial charge < -0.3 is 25.6 Å². The van der Waals surface area contributed by atoms with Gasteiger partial charge in [0.25, 0.3) is 17.5 Å². The Bertz CT molecular complexity index is 1870. The zero-order valence-electron chi connectivity index (χ0n) is 23.2. The van der Waals surface area contributed by atoms with Crippen LogP contribution in [0.4, 0.5) is 35.1 Å². The van der Waals surface area contributed by atoms with Crippen molar-refractivity contribution in [2.45, 2.75) is 23.6 Å². The second-order valence-electron chi connectivity index (χ2n) is 10.2. The summed E-state index contributed by atoms with van der Waals surface area (Å²) >= 11 is 0. The molecule has 2 aromatic heterocycles. The minimum atomic E-state index is -5.61. The van der Waals surface area contributed by atoms with Crippen molar-refractivity contribution < 1.29 is 59.3 Å². The number of nitrogens with one attached hydrogen (secondary N) is 1. The van der Waals surface area contributed by atoms with Crippen LogP contribution in [-0.2, 0) is 22.2 Å². The van der Waals surface area contributed by atoms with E-state index in [4.69, 9.17) is 15.2 Å². The van der Waals surface area contributed by atoms with E-state index in [0.29, 0.717) is 18.3 Å². The first-order chi connectivity index (χ1) is 21.4. The maximum atomic E-state index is 15.7. The molecule has 0 saturated heterocycles. The Morgan fingerprint density at radius 2 is 1.76 bits per heavy atom. The Kier molecular flexibility index (Phi) is 7.79. The summed E-state index contributed by atoms with van der Waals surface area (Å²) in [5, 5.41) is 12.7. The molecule has 4 N–H and O–H groups in total. The number of alkyl halides is 7. The van der Waals surface area contributed by atoms with Crippen molar-refractivity contribution in [1.29, 1.82) is 0 Å². The lowest BCUT2D eigenvalue weighted by atomic mass is 9.90. The summed E-state index contributed by atoms with van der Waals surface area (Å²) in [5.41, 5.74) is -6.43. The van der Waals surface area contributed by atoms with Gasteiger partial charge in [-0.15, -0.1) is 0 Å². The van der Waals surface area contributed by atoms with Crippen molar-refractivity contribution in [1.82, 2.24) is 15.3 Å². The molecule has 4 aromatic rings. The molecule has 9 nitrogen and oxygen atoms in total. The molecule has 0 radical (unpaired) electrons. The number of benzene rings is 2. The number of nitrogens with zero attached hydrogens (tertiary/aromatic N) is 2. The van der Waals surface area contributed by atoms with E-state index >= 15 is 4.39 Å². The minimum absolute atomic E-state index is 0.0825. The third-order valence-electron chi connectivity index (χ3n) is 7.28. The number of ether oxygens (including phenoxy) is 2. The van der Waals surface area contributed by atoms with Gasteiger partial charge in [0.2, 0.25) is 5.60 Å². The van der Waals surface area contributed by atoms with Crippen LogP contribution in [0.5, 0.6) is 11.5 Å². The molecule has 2 aromatic carbocycles. The molecule has 17 heteroatoms. The van der Waals surface area contributed by atoms with Crippen LogP contribution in [0, 0.1) is 5.82 Å². The number of carbonyl (C=O) groups is 2. The Labute approximate surface area is 253 Å². The summed E-state index contributed by atoms with van der Waals surface area (Å²) in [6, 6.07) is 7.00. The Morgan fingerprint density at radius 3 is 2.35 bits per heavy atom. The summed E-state index contributed by atoms with van der Waals surface area (Å²) in [5.74, 6) is -4.32. The Hall–Kier alpha value is -5.06. The molecule has 0 spiro atoms. The van der Waals surface area contributed by atoms with Gasteiger partial charge in [0, 0.05) is 28.3 Å². The highest BCUT2D eigenvalue weighted by Crippen LogP contribution is 2.48. The lowest BCUT2D eigenvalue weighted by molar-refractivity contribution is -0.265. The molecule has 1 unspecified atom stereocenters. The van der Waals surface area contributed by atoms with Crippen LogP contribution >= 0.6 is 0 Å². The quantitative estimate of drug-likeness (QED) is 0.246. The minimum Gasteiger partial charge on any atom is -0.494 e. The van der Waals surface area contributed by atoms with Gasteiger partial charge in [-0.05, 0) is 48.5 Å². The fourth-order valence-corrected chi connectivity index (χ4v) is 4.75. The summed E-state index contributed by atoms with van der Waals surface area (Å²) in [4.78, 5) is 32.6. The van der Waals surface area contributed by atoms with Crippen molar-refractivity contribution in [2.75, 3.05) is 20.3 Å². The Morgan fingerprint density at radius 1 is 1.09 bits per heavy atom. The van der Waals surface area contributed by atoms with Gasteiger partial charge in [-0.25, -0.2) is 13.8 Å². The second kappa shape index (κ2) is 11.1. The lowest BCUT2D eigenvalue weighted by Crippen LogP contribution is -2.51. The number of aromatic nitrogens is 2. The first-order valence-electron chi connectivity index (χ1n) is 12.9. The van der Waals surface area contributed by atoms with E-state index in [1.54, 1.807) is 0 Å². The van der Waals surface area contributed by atoms with E-state index in [1.165, 1.54) is 0 Å². The number of amides is 2. The molecule has 1 aliphatic heterocycles. The number of fused-ring (bicyclic) bond motifs is 2. The summed E-state index contributed by atoms with van der Waals surface area (Å²) in [7, 11) is 1.12. The number of hydrogen-bond donors (Lipinski definition) is 3. The topological polar surface area (TPSA) is 137 Å². The number of nitrogens with two attached hydrogens (primary N) is 1. The fraction of sp³-hybridized carbons (Fsp3) is 0.241. The van der Waals surface area contributed by atoms with E-state index in [0.717, 1.165) is 43.5 Å². The van der Waals surface area contributed by atoms with E-state index in [1.807, 2.05) is 5.32 Å². The molecule has 46 heavy (non-hydrogen) atoms. The largest absolute Gasteiger partial charge is 0.494 e. The van der Waals surface area contributed by atoms with Crippen LogP contribution in [0.1, 0.15) is 27.2 Å². The van der Waals surface area contributed by atoms with Gasteiger partial charge in [0.1, 0.15) is 29.4 Å². The summed E-state index contributed by atoms with van der Waals surface area (Å²) in [6.45, 7) is -2.69. The van der Waals surface area contributed by atoms with E-state index in [9.17, 15) is 45.4 Å². The molecule has 2 amide bonds. The number of methoxy groups -OCH3 is 1. The molecule has 5 rings (SSSR count). The van der Waals surface area contributed by atoms with Gasteiger partial charge in [0.05, 0.1) is 24.9 Å². The SMILES string of the molecule is COc1cc(C(=O)NC[C@](O)(c2cc3c(c(-c4ccc(F)cc4)n2)OCC3(F)C(N)=O)C(F)(F)F)cc2cc(C(F)(F)F)cnc12. The van der Waals surface area contributed by atoms with Gasteiger partial charge in [-0.1, -0.05) is 0 Å². The number of aliphatic hydroxyl groups is 1. The summed E-state index contributed by atoms with van der Waals surface area (Å²) in [6.07, 6.45) is -9.88. The standard InChI is InChI=1S/C29H20F8N4O5/c1-45-19-8-15(6-14-7-16(28(32,33)34)10-39-21(14)19)24(42)40-11-27(44,29(35,36)37)20-9-18-23(46-12-26(18,31)25(38)43)22(41-20)13-2-4-17(30)5-3-13/h2-10,44H,11-12H2,1H3,(H2,38,43)(H,40,42)/t26?,27-/m0/s1. The van der Waals surface area contributed by atoms with Crippen molar-refractivity contribution in [3.63, 3.8) is 0 Å². The number of pyridine rings is 2. The lowest BCUT2D eigenvalue weighted by Gasteiger charge is -2.31. The molecular weight excluding hydrogens is 636 g/mol. The molecule has 0 fully saturated rings. The van der Waals surface area contributed by atoms with E-state index in [2.05, 4.69) is 9.97 Å². The van der Waals surface area contributed by atoms with Gasteiger partial charge in [-0.3, -0.25) is 14.6 Å². The van der Waals surface area contributed by atoms with Crippen LogP contribution in [0.15, 0.2) is 54.7 Å². The predicted octanol–water partition coefficient (Wildman–Crippen LogP) is 4.69. The smallest absolute Gasteiger partial charge is 0.424 e. The third kappa shape index (κ3) is 5.50. The highest BCUT2D eigenvalue weighted by molar-refractivity contribution is 6.00. The van der Waals surface area contributed by atoms with Gasteiger partial charge in [0.15, 0.2) is 5.75 Å². The molecule has 0 saturated carbocycles. The highest BCUT2D eigenvalue weighted by atomic mass is 19.4. The highest BCUT2D eigenvalue weighted by Gasteiger charge is 2.58. The van der Waals surface area contributed by atoms with Gasteiger partial charge >= 0.3 is 12.4 Å². The maximum Gasteiger partial charge on any atom is 0.424 e. The zero-order valence-corrected chi connectivity index (χ0v) is 23.2. The van der Waals surface area contributed by atoms with E-state index in [-0.39, 0.29) is 22.2 Å². The van der Waals surface area contributed by atoms with Crippen LogP contribution in [0.2, 0.25) is 0 Å². The van der Waals surface area contributed by atoms with Crippen molar-refractivity contribution in [3.8, 4) is 22.8 Å². The first-order valence-corrected chi connectivity index (χ1v) is 12.9. The fourth-order valence-electron chi connectivity index (χ4n) is 4.75. The number of carbonyl (C=O) groups excluding carboxylic acids is 2. The molecule has 0 bridgehead atoms. The first kappa shape index (κ1) is 32.3. The number of hydrogen-bond acceptors (Lipinski definition) is 7. The van der Waals surface area contributed by atoms with Crippen LogP contribution < -0.4 is 20.5 Å². The number of primary amides is 1. The van der Waals surface area contributed by atoms with E-state index < -0.39 is 88.2 Å². The van der Waals surface area contributed by atoms with Crippen molar-refractivity contribution in [3.05, 3.63) is 82.9 Å². The number of halogens is 8. The third-order valence-corrected chi connectivity index (χ3v) is 7.28. The molecule has 3 heterocycles. The van der Waals surface area contributed by atoms with Crippen molar-refractivity contribution in [2.24, 2.45) is 5.73 Å². The second-order valence-corrected chi connectivity index (χ2v) is 10.2. The molecule has 2 atom stereocenters. The molecule has 1 aliphatic rings. The van der Waals surface area contributed by atoms with Crippen LogP contribution in [0.25, 0.3) is 22.2 Å². The normalized spacial score (nSPS) is 17.6. The van der Waals surface area contributed by atoms with Crippen LogP contribution in [0.3, 0.4) is 0 Å². The number of rotatable bonds is 7. The molecule has 242 valence electrons. The average molecular weight is 656 g/mol. The maximum absolute atomic E-state index is 15.7. The summed E-state index contributed by atoms with van der Waals surface area (Å²) < 4.78 is 123.